The molecule has 0 saturated carbocycles. The van der Waals surface area contributed by atoms with Gasteiger partial charge < -0.3 is 9.88 Å². The number of aromatic nitrogens is 3. The number of imidazole rings is 1. The smallest absolute Gasteiger partial charge is 0.251 e. The maximum Gasteiger partial charge on any atom is 0.251 e. The van der Waals surface area contributed by atoms with Crippen molar-refractivity contribution in [2.45, 2.75) is 13.1 Å². The highest BCUT2D eigenvalue weighted by Gasteiger charge is 2.07. The lowest BCUT2D eigenvalue weighted by atomic mass is 10.2. The Kier molecular flexibility index (Phi) is 4.07. The Hall–Kier alpha value is -2.47. The van der Waals surface area contributed by atoms with E-state index in [1.54, 1.807) is 36.0 Å². The lowest BCUT2D eigenvalue weighted by Gasteiger charge is -2.02. The van der Waals surface area contributed by atoms with E-state index >= 15 is 0 Å². The fourth-order valence-corrected chi connectivity index (χ4v) is 2.64. The van der Waals surface area contributed by atoms with Crippen LogP contribution in [0.3, 0.4) is 0 Å². The quantitative estimate of drug-likeness (QED) is 0.786. The second-order valence-corrected chi connectivity index (χ2v) is 5.46. The number of benzene rings is 1. The fourth-order valence-electron chi connectivity index (χ4n) is 1.92. The minimum Gasteiger partial charge on any atom is -0.346 e. The van der Waals surface area contributed by atoms with E-state index in [9.17, 15) is 4.79 Å². The molecule has 1 aromatic carbocycles. The predicted molar refractivity (Wildman–Crippen MR) is 81.1 cm³/mol. The molecule has 0 aliphatic rings. The lowest BCUT2D eigenvalue weighted by Crippen LogP contribution is -2.22. The molecule has 0 fully saturated rings. The standard InChI is InChI=1S/C15H14N4OS/c20-15(12-4-2-1-3-5-12)17-8-14-18-13(10-21-14)9-19-7-6-16-11-19/h1-7,10-11H,8-9H2,(H,17,20). The molecule has 0 unspecified atom stereocenters. The molecule has 106 valence electrons. The Balaban J connectivity index is 1.56. The van der Waals surface area contributed by atoms with Crippen molar-refractivity contribution in [2.75, 3.05) is 0 Å². The molecular formula is C15H14N4OS. The van der Waals surface area contributed by atoms with Crippen LogP contribution in [0.4, 0.5) is 0 Å². The SMILES string of the molecule is O=C(NCc1nc(Cn2ccnc2)cs1)c1ccccc1. The zero-order valence-corrected chi connectivity index (χ0v) is 12.1. The number of hydrogen-bond acceptors (Lipinski definition) is 4. The molecule has 0 aliphatic carbocycles. The molecule has 3 aromatic rings. The van der Waals surface area contributed by atoms with Gasteiger partial charge in [0.25, 0.3) is 5.91 Å². The predicted octanol–water partition coefficient (Wildman–Crippen LogP) is 2.32. The largest absolute Gasteiger partial charge is 0.346 e. The van der Waals surface area contributed by atoms with Crippen LogP contribution in [-0.2, 0) is 13.1 Å². The minimum atomic E-state index is -0.0815. The zero-order valence-electron chi connectivity index (χ0n) is 11.3. The van der Waals surface area contributed by atoms with Crippen LogP contribution >= 0.6 is 11.3 Å². The maximum absolute atomic E-state index is 11.9. The van der Waals surface area contributed by atoms with Crippen LogP contribution in [0.15, 0.2) is 54.4 Å². The maximum atomic E-state index is 11.9. The van der Waals surface area contributed by atoms with Crippen LogP contribution in [-0.4, -0.2) is 20.4 Å². The first-order valence-electron chi connectivity index (χ1n) is 6.53. The Morgan fingerprint density at radius 3 is 2.90 bits per heavy atom. The van der Waals surface area contributed by atoms with E-state index in [4.69, 9.17) is 0 Å². The van der Waals surface area contributed by atoms with Gasteiger partial charge >= 0.3 is 0 Å². The lowest BCUT2D eigenvalue weighted by molar-refractivity contribution is 0.0951. The number of carbonyl (C=O) groups excluding carboxylic acids is 1. The normalized spacial score (nSPS) is 10.5. The monoisotopic (exact) mass is 298 g/mol. The number of nitrogens with zero attached hydrogens (tertiary/aromatic N) is 3. The summed E-state index contributed by atoms with van der Waals surface area (Å²) in [5.41, 5.74) is 1.63. The zero-order chi connectivity index (χ0) is 14.5. The second-order valence-electron chi connectivity index (χ2n) is 4.52. The summed E-state index contributed by atoms with van der Waals surface area (Å²) in [7, 11) is 0. The number of carbonyl (C=O) groups is 1. The van der Waals surface area contributed by atoms with Gasteiger partial charge in [-0.3, -0.25) is 4.79 Å². The highest BCUT2D eigenvalue weighted by atomic mass is 32.1. The molecule has 0 bridgehead atoms. The van der Waals surface area contributed by atoms with Crippen LogP contribution in [0.2, 0.25) is 0 Å². The molecule has 0 aliphatic heterocycles. The highest BCUT2D eigenvalue weighted by Crippen LogP contribution is 2.11. The molecule has 5 nitrogen and oxygen atoms in total. The van der Waals surface area contributed by atoms with Crippen molar-refractivity contribution in [1.82, 2.24) is 19.9 Å². The van der Waals surface area contributed by atoms with Gasteiger partial charge in [0.05, 0.1) is 25.1 Å². The van der Waals surface area contributed by atoms with Crippen molar-refractivity contribution in [2.24, 2.45) is 0 Å². The summed E-state index contributed by atoms with van der Waals surface area (Å²) < 4.78 is 1.96. The molecular weight excluding hydrogens is 284 g/mol. The Labute approximate surface area is 126 Å². The molecule has 3 rings (SSSR count). The van der Waals surface area contributed by atoms with Gasteiger partial charge in [0.1, 0.15) is 5.01 Å². The van der Waals surface area contributed by atoms with Crippen molar-refractivity contribution < 1.29 is 4.79 Å². The fraction of sp³-hybridized carbons (Fsp3) is 0.133. The molecule has 1 N–H and O–H groups in total. The topological polar surface area (TPSA) is 59.8 Å². The molecule has 21 heavy (non-hydrogen) atoms. The van der Waals surface area contributed by atoms with E-state index in [0.29, 0.717) is 18.7 Å². The van der Waals surface area contributed by atoms with Gasteiger partial charge in [0.15, 0.2) is 0 Å². The van der Waals surface area contributed by atoms with Gasteiger partial charge in [0.2, 0.25) is 0 Å². The van der Waals surface area contributed by atoms with Gasteiger partial charge in [-0.25, -0.2) is 9.97 Å². The van der Waals surface area contributed by atoms with E-state index in [0.717, 1.165) is 10.7 Å². The second kappa shape index (κ2) is 6.32. The Bertz CT molecular complexity index is 706. The summed E-state index contributed by atoms with van der Waals surface area (Å²) in [6, 6.07) is 9.17. The van der Waals surface area contributed by atoms with Crippen LogP contribution in [0.5, 0.6) is 0 Å². The van der Waals surface area contributed by atoms with Gasteiger partial charge in [-0.15, -0.1) is 11.3 Å². The van der Waals surface area contributed by atoms with Gasteiger partial charge in [-0.2, -0.15) is 0 Å². The van der Waals surface area contributed by atoms with Crippen molar-refractivity contribution >= 4 is 17.2 Å². The Morgan fingerprint density at radius 2 is 2.14 bits per heavy atom. The summed E-state index contributed by atoms with van der Waals surface area (Å²) in [5.74, 6) is -0.0815. The van der Waals surface area contributed by atoms with E-state index in [-0.39, 0.29) is 5.91 Å². The molecule has 0 atom stereocenters. The summed E-state index contributed by atoms with van der Waals surface area (Å²) >= 11 is 1.55. The van der Waals surface area contributed by atoms with Crippen LogP contribution in [0, 0.1) is 0 Å². The van der Waals surface area contributed by atoms with Gasteiger partial charge in [-0.1, -0.05) is 18.2 Å². The van der Waals surface area contributed by atoms with Crippen molar-refractivity contribution in [3.05, 3.63) is 70.7 Å². The molecule has 0 radical (unpaired) electrons. The van der Waals surface area contributed by atoms with E-state index in [2.05, 4.69) is 15.3 Å². The number of rotatable bonds is 5. The number of amides is 1. The first-order chi connectivity index (χ1) is 10.3. The summed E-state index contributed by atoms with van der Waals surface area (Å²) in [6.45, 7) is 1.14. The molecule has 1 amide bonds. The minimum absolute atomic E-state index is 0.0815. The first kappa shape index (κ1) is 13.5. The van der Waals surface area contributed by atoms with Crippen molar-refractivity contribution in [3.63, 3.8) is 0 Å². The van der Waals surface area contributed by atoms with E-state index in [1.807, 2.05) is 34.3 Å². The summed E-state index contributed by atoms with van der Waals surface area (Å²) in [6.07, 6.45) is 5.40. The number of nitrogens with one attached hydrogen (secondary N) is 1. The van der Waals surface area contributed by atoms with Crippen molar-refractivity contribution in [3.8, 4) is 0 Å². The first-order valence-corrected chi connectivity index (χ1v) is 7.41. The van der Waals surface area contributed by atoms with E-state index in [1.165, 1.54) is 0 Å². The molecule has 2 aromatic heterocycles. The average Bonchev–Trinajstić information content (AvgIpc) is 3.18. The Morgan fingerprint density at radius 1 is 1.29 bits per heavy atom. The third-order valence-electron chi connectivity index (χ3n) is 2.94. The average molecular weight is 298 g/mol. The highest BCUT2D eigenvalue weighted by molar-refractivity contribution is 7.09. The third-order valence-corrected chi connectivity index (χ3v) is 3.84. The number of hydrogen-bond donors (Lipinski definition) is 1. The van der Waals surface area contributed by atoms with Gasteiger partial charge in [-0.05, 0) is 12.1 Å². The number of thiazole rings is 1. The molecule has 6 heteroatoms. The van der Waals surface area contributed by atoms with E-state index < -0.39 is 0 Å². The molecule has 0 spiro atoms. The summed E-state index contributed by atoms with van der Waals surface area (Å²) in [4.78, 5) is 20.4. The summed E-state index contributed by atoms with van der Waals surface area (Å²) in [5, 5.41) is 5.78. The van der Waals surface area contributed by atoms with Crippen LogP contribution < -0.4 is 5.32 Å². The molecule has 0 saturated heterocycles. The van der Waals surface area contributed by atoms with Crippen LogP contribution in [0.1, 0.15) is 21.1 Å². The third kappa shape index (κ3) is 3.55. The van der Waals surface area contributed by atoms with Crippen molar-refractivity contribution in [1.29, 1.82) is 0 Å². The van der Waals surface area contributed by atoms with Crippen LogP contribution in [0.25, 0.3) is 0 Å². The van der Waals surface area contributed by atoms with Gasteiger partial charge in [0, 0.05) is 23.3 Å². The molecule has 2 heterocycles.